The second kappa shape index (κ2) is 1.95. The van der Waals surface area contributed by atoms with Crippen molar-refractivity contribution in [1.29, 1.82) is 0 Å². The van der Waals surface area contributed by atoms with Crippen molar-refractivity contribution >= 4 is 21.7 Å². The number of carbonyl (C=O) groups is 1. The lowest BCUT2D eigenvalue weighted by Gasteiger charge is -2.08. The summed E-state index contributed by atoms with van der Waals surface area (Å²) in [6.07, 6.45) is 0. The first-order chi connectivity index (χ1) is 2.94. The topological polar surface area (TPSA) is 17.1 Å². The molecule has 0 aromatic heterocycles. The Labute approximate surface area is 52.2 Å². The van der Waals surface area contributed by atoms with Crippen molar-refractivity contribution in [2.75, 3.05) is 0 Å². The van der Waals surface area contributed by atoms with E-state index in [-0.39, 0.29) is 5.78 Å². The number of alkyl halides is 1. The monoisotopic (exact) mass is 163 g/mol. The number of ketones is 1. The van der Waals surface area contributed by atoms with E-state index >= 15 is 0 Å². The summed E-state index contributed by atoms with van der Waals surface area (Å²) in [5, 5.41) is 0. The Morgan fingerprint density at radius 2 is 1.86 bits per heavy atom. The third kappa shape index (κ3) is 2.80. The summed E-state index contributed by atoms with van der Waals surface area (Å²) in [6, 6.07) is 0. The van der Waals surface area contributed by atoms with Gasteiger partial charge in [-0.05, 0) is 13.8 Å². The summed E-state index contributed by atoms with van der Waals surface area (Å²) in [5.41, 5.74) is 0. The average Bonchev–Trinajstić information content (AvgIpc) is 1.31. The van der Waals surface area contributed by atoms with E-state index in [1.807, 2.05) is 0 Å². The van der Waals surface area contributed by atoms with E-state index in [2.05, 4.69) is 22.9 Å². The average molecular weight is 164 g/mol. The molecule has 0 amide bonds. The Bertz CT molecular complexity index is 80.6. The molecule has 0 unspecified atom stereocenters. The molecule has 1 radical (unpaired) electrons. The number of carbonyl (C=O) groups excluding carboxylic acids is 1. The van der Waals surface area contributed by atoms with Gasteiger partial charge in [0.25, 0.3) is 0 Å². The van der Waals surface area contributed by atoms with Gasteiger partial charge in [0.05, 0.1) is 4.32 Å². The van der Waals surface area contributed by atoms with Gasteiger partial charge >= 0.3 is 0 Å². The summed E-state index contributed by atoms with van der Waals surface area (Å²) >= 11 is 3.13. The molecule has 0 heterocycles. The molecule has 0 N–H and O–H groups in total. The highest BCUT2D eigenvalue weighted by Gasteiger charge is 2.17. The van der Waals surface area contributed by atoms with E-state index < -0.39 is 4.32 Å². The molecule has 0 aliphatic carbocycles. The van der Waals surface area contributed by atoms with Crippen molar-refractivity contribution in [3.63, 3.8) is 0 Å². The summed E-state index contributed by atoms with van der Waals surface area (Å²) in [5.74, 6) is -0.0903. The Kier molecular flexibility index (Phi) is 1.99. The maximum absolute atomic E-state index is 10.3. The zero-order valence-corrected chi connectivity index (χ0v) is 6.08. The molecule has 0 saturated heterocycles. The molecule has 7 heavy (non-hydrogen) atoms. The minimum absolute atomic E-state index is 0.0903. The van der Waals surface area contributed by atoms with Crippen LogP contribution in [0.3, 0.4) is 0 Å². The first-order valence-corrected chi connectivity index (χ1v) is 2.79. The molecule has 0 aliphatic heterocycles. The fraction of sp³-hybridized carbons (Fsp3) is 0.600. The summed E-state index contributed by atoms with van der Waals surface area (Å²) in [7, 11) is 0. The van der Waals surface area contributed by atoms with Crippen LogP contribution < -0.4 is 0 Å². The van der Waals surface area contributed by atoms with Crippen LogP contribution >= 0.6 is 15.9 Å². The molecule has 2 heteroatoms. The third-order valence-electron chi connectivity index (χ3n) is 0.663. The fourth-order valence-electron chi connectivity index (χ4n) is 0. The van der Waals surface area contributed by atoms with Gasteiger partial charge in [-0.15, -0.1) is 0 Å². The Morgan fingerprint density at radius 1 is 1.71 bits per heavy atom. The minimum Gasteiger partial charge on any atom is -0.298 e. The maximum Gasteiger partial charge on any atom is 0.149 e. The van der Waals surface area contributed by atoms with E-state index in [9.17, 15) is 4.79 Å². The summed E-state index contributed by atoms with van der Waals surface area (Å²) in [6.45, 7) is 6.76. The van der Waals surface area contributed by atoms with Crippen LogP contribution in [0.15, 0.2) is 0 Å². The SMILES string of the molecule is [CH2]C(=O)C(C)(C)Br. The molecule has 0 aromatic rings. The predicted octanol–water partition coefficient (Wildman–Crippen LogP) is 1.56. The number of hydrogen-bond acceptors (Lipinski definition) is 1. The normalized spacial score (nSPS) is 11.4. The molecule has 0 saturated carbocycles. The van der Waals surface area contributed by atoms with Crippen molar-refractivity contribution in [2.45, 2.75) is 18.2 Å². The minimum atomic E-state index is -0.438. The van der Waals surface area contributed by atoms with Gasteiger partial charge in [-0.3, -0.25) is 4.79 Å². The molecule has 0 rings (SSSR count). The molecule has 1 nitrogen and oxygen atoms in total. The van der Waals surface area contributed by atoms with Crippen LogP contribution in [0.1, 0.15) is 13.8 Å². The van der Waals surface area contributed by atoms with Crippen LogP contribution in [0.25, 0.3) is 0 Å². The molecule has 0 atom stereocenters. The molecule has 41 valence electrons. The second-order valence-corrected chi connectivity index (χ2v) is 3.88. The maximum atomic E-state index is 10.3. The summed E-state index contributed by atoms with van der Waals surface area (Å²) < 4.78 is -0.438. The Morgan fingerprint density at radius 3 is 1.86 bits per heavy atom. The second-order valence-electron chi connectivity index (χ2n) is 1.90. The third-order valence-corrected chi connectivity index (χ3v) is 1.11. The first-order valence-electron chi connectivity index (χ1n) is 2.00. The largest absolute Gasteiger partial charge is 0.298 e. The Hall–Kier alpha value is 0.150. The first kappa shape index (κ1) is 7.15. The lowest BCUT2D eigenvalue weighted by atomic mass is 10.1. The van der Waals surface area contributed by atoms with E-state index in [4.69, 9.17) is 0 Å². The van der Waals surface area contributed by atoms with Gasteiger partial charge in [-0.1, -0.05) is 15.9 Å². The zero-order valence-electron chi connectivity index (χ0n) is 4.49. The van der Waals surface area contributed by atoms with Crippen LogP contribution in [0.5, 0.6) is 0 Å². The molecule has 0 fully saturated rings. The quantitative estimate of drug-likeness (QED) is 0.537. The molecule has 0 aliphatic rings. The van der Waals surface area contributed by atoms with Gasteiger partial charge in [-0.2, -0.15) is 0 Å². The van der Waals surface area contributed by atoms with Crippen LogP contribution in [-0.2, 0) is 4.79 Å². The van der Waals surface area contributed by atoms with Crippen LogP contribution in [0.4, 0.5) is 0 Å². The fourth-order valence-corrected chi connectivity index (χ4v) is 0. The van der Waals surface area contributed by atoms with Crippen molar-refractivity contribution in [1.82, 2.24) is 0 Å². The predicted molar refractivity (Wildman–Crippen MR) is 33.4 cm³/mol. The number of halogens is 1. The Balaban J connectivity index is 3.79. The smallest absolute Gasteiger partial charge is 0.149 e. The molecule has 0 spiro atoms. The number of Topliss-reactive ketones (excluding diaryl/α,β-unsaturated/α-hetero) is 1. The summed E-state index contributed by atoms with van der Waals surface area (Å²) in [4.78, 5) is 10.3. The highest BCUT2D eigenvalue weighted by atomic mass is 79.9. The number of rotatable bonds is 1. The van der Waals surface area contributed by atoms with Crippen molar-refractivity contribution in [2.24, 2.45) is 0 Å². The zero-order chi connectivity index (χ0) is 6.08. The molecule has 0 aromatic carbocycles. The molecular formula is C5H8BrO. The lowest BCUT2D eigenvalue weighted by Crippen LogP contribution is -2.20. The van der Waals surface area contributed by atoms with E-state index in [0.717, 1.165) is 0 Å². The van der Waals surface area contributed by atoms with Gasteiger partial charge in [0.2, 0.25) is 0 Å². The highest BCUT2D eigenvalue weighted by Crippen LogP contribution is 2.15. The van der Waals surface area contributed by atoms with Crippen molar-refractivity contribution in [3.8, 4) is 0 Å². The van der Waals surface area contributed by atoms with E-state index in [0.29, 0.717) is 0 Å². The van der Waals surface area contributed by atoms with Gasteiger partial charge < -0.3 is 0 Å². The van der Waals surface area contributed by atoms with Gasteiger partial charge in [0.1, 0.15) is 5.78 Å². The molecule has 0 bridgehead atoms. The van der Waals surface area contributed by atoms with Crippen molar-refractivity contribution < 1.29 is 4.79 Å². The van der Waals surface area contributed by atoms with E-state index in [1.54, 1.807) is 13.8 Å². The van der Waals surface area contributed by atoms with Gasteiger partial charge in [0, 0.05) is 6.92 Å². The van der Waals surface area contributed by atoms with Gasteiger partial charge in [-0.25, -0.2) is 0 Å². The standard InChI is InChI=1S/C5H8BrO/c1-4(7)5(2,3)6/h1H2,2-3H3. The van der Waals surface area contributed by atoms with E-state index in [1.165, 1.54) is 0 Å². The highest BCUT2D eigenvalue weighted by molar-refractivity contribution is 9.10. The number of hydrogen-bond donors (Lipinski definition) is 0. The van der Waals surface area contributed by atoms with Crippen LogP contribution in [-0.4, -0.2) is 10.1 Å². The molecular weight excluding hydrogens is 156 g/mol. The lowest BCUT2D eigenvalue weighted by molar-refractivity contribution is -0.116. The van der Waals surface area contributed by atoms with Crippen molar-refractivity contribution in [3.05, 3.63) is 6.92 Å². The van der Waals surface area contributed by atoms with Gasteiger partial charge in [0.15, 0.2) is 0 Å². The van der Waals surface area contributed by atoms with Crippen LogP contribution in [0, 0.1) is 6.92 Å². The van der Waals surface area contributed by atoms with Crippen LogP contribution in [0.2, 0.25) is 0 Å².